The Labute approximate surface area is 78.1 Å². The van der Waals surface area contributed by atoms with E-state index in [1.54, 1.807) is 6.33 Å². The van der Waals surface area contributed by atoms with Crippen LogP contribution in [0.4, 0.5) is 0 Å². The van der Waals surface area contributed by atoms with E-state index in [1.165, 1.54) is 19.3 Å². The van der Waals surface area contributed by atoms with Crippen molar-refractivity contribution in [3.63, 3.8) is 0 Å². The van der Waals surface area contributed by atoms with Crippen molar-refractivity contribution < 1.29 is 0 Å². The van der Waals surface area contributed by atoms with Gasteiger partial charge in [0.25, 0.3) is 0 Å². The molecule has 13 heavy (non-hydrogen) atoms. The fourth-order valence-electron chi connectivity index (χ4n) is 1.82. The van der Waals surface area contributed by atoms with Gasteiger partial charge in [-0.15, -0.1) is 10.2 Å². The number of hydrogen-bond acceptors (Lipinski definition) is 3. The van der Waals surface area contributed by atoms with Gasteiger partial charge in [0.2, 0.25) is 0 Å². The van der Waals surface area contributed by atoms with E-state index in [1.807, 2.05) is 11.6 Å². The van der Waals surface area contributed by atoms with Gasteiger partial charge in [0.1, 0.15) is 12.2 Å². The van der Waals surface area contributed by atoms with Crippen LogP contribution in [0.5, 0.6) is 0 Å². The molecular formula is C9H16N4. The van der Waals surface area contributed by atoms with E-state index >= 15 is 0 Å². The summed E-state index contributed by atoms with van der Waals surface area (Å²) >= 11 is 0. The third-order valence-corrected chi connectivity index (χ3v) is 2.89. The van der Waals surface area contributed by atoms with Crippen molar-refractivity contribution in [1.82, 2.24) is 14.8 Å². The molecule has 0 radical (unpaired) electrons. The number of nitrogens with zero attached hydrogens (tertiary/aromatic N) is 3. The molecule has 2 N–H and O–H groups in total. The summed E-state index contributed by atoms with van der Waals surface area (Å²) in [5.41, 5.74) is 6.03. The van der Waals surface area contributed by atoms with Crippen molar-refractivity contribution in [3.8, 4) is 0 Å². The van der Waals surface area contributed by atoms with E-state index in [2.05, 4.69) is 10.2 Å². The Balaban J connectivity index is 1.96. The zero-order valence-corrected chi connectivity index (χ0v) is 7.98. The van der Waals surface area contributed by atoms with Crippen LogP contribution >= 0.6 is 0 Å². The lowest BCUT2D eigenvalue weighted by atomic mass is 9.81. The monoisotopic (exact) mass is 180 g/mol. The van der Waals surface area contributed by atoms with Gasteiger partial charge < -0.3 is 10.3 Å². The van der Waals surface area contributed by atoms with Crippen LogP contribution in [-0.4, -0.2) is 14.8 Å². The average molecular weight is 180 g/mol. The molecule has 1 unspecified atom stereocenters. The number of aryl methyl sites for hydroxylation is 1. The minimum Gasteiger partial charge on any atom is -0.321 e. The van der Waals surface area contributed by atoms with Crippen LogP contribution in [-0.2, 0) is 7.05 Å². The molecule has 0 aliphatic heterocycles. The molecule has 4 nitrogen and oxygen atoms in total. The van der Waals surface area contributed by atoms with Gasteiger partial charge in [-0.2, -0.15) is 0 Å². The Morgan fingerprint density at radius 3 is 2.92 bits per heavy atom. The first-order chi connectivity index (χ1) is 6.27. The zero-order valence-electron chi connectivity index (χ0n) is 7.98. The van der Waals surface area contributed by atoms with Crippen LogP contribution in [0.1, 0.15) is 37.5 Å². The fraction of sp³-hybridized carbons (Fsp3) is 0.778. The van der Waals surface area contributed by atoms with Crippen molar-refractivity contribution in [1.29, 1.82) is 0 Å². The van der Waals surface area contributed by atoms with Gasteiger partial charge in [0.05, 0.1) is 6.04 Å². The van der Waals surface area contributed by atoms with E-state index < -0.39 is 0 Å². The summed E-state index contributed by atoms with van der Waals surface area (Å²) in [7, 11) is 1.94. The Kier molecular flexibility index (Phi) is 2.31. The molecule has 1 atom stereocenters. The molecule has 4 heteroatoms. The number of hydrogen-bond donors (Lipinski definition) is 1. The molecule has 0 bridgehead atoms. The molecule has 1 aromatic heterocycles. The summed E-state index contributed by atoms with van der Waals surface area (Å²) in [4.78, 5) is 0. The Hall–Kier alpha value is -0.900. The van der Waals surface area contributed by atoms with E-state index in [0.29, 0.717) is 0 Å². The van der Waals surface area contributed by atoms with Crippen LogP contribution in [0, 0.1) is 5.92 Å². The van der Waals surface area contributed by atoms with E-state index in [9.17, 15) is 0 Å². The summed E-state index contributed by atoms with van der Waals surface area (Å²) in [5.74, 6) is 1.73. The van der Waals surface area contributed by atoms with Gasteiger partial charge >= 0.3 is 0 Å². The topological polar surface area (TPSA) is 56.7 Å². The summed E-state index contributed by atoms with van der Waals surface area (Å²) < 4.78 is 1.91. The minimum absolute atomic E-state index is 0.0674. The molecule has 1 aromatic rings. The van der Waals surface area contributed by atoms with Crippen LogP contribution in [0.25, 0.3) is 0 Å². The van der Waals surface area contributed by atoms with Crippen molar-refractivity contribution in [3.05, 3.63) is 12.2 Å². The highest BCUT2D eigenvalue weighted by atomic mass is 15.3. The molecule has 1 aliphatic carbocycles. The van der Waals surface area contributed by atoms with E-state index in [4.69, 9.17) is 5.73 Å². The lowest BCUT2D eigenvalue weighted by molar-refractivity contribution is 0.273. The first-order valence-electron chi connectivity index (χ1n) is 4.87. The molecule has 0 aromatic carbocycles. The van der Waals surface area contributed by atoms with Gasteiger partial charge in [0.15, 0.2) is 0 Å². The van der Waals surface area contributed by atoms with Gasteiger partial charge in [-0.3, -0.25) is 0 Å². The molecule has 72 valence electrons. The third-order valence-electron chi connectivity index (χ3n) is 2.89. The maximum atomic E-state index is 6.03. The third kappa shape index (κ3) is 1.72. The number of nitrogens with two attached hydrogens (primary N) is 1. The lowest BCUT2D eigenvalue weighted by Gasteiger charge is -2.27. The molecule has 1 saturated carbocycles. The second-order valence-corrected chi connectivity index (χ2v) is 3.94. The quantitative estimate of drug-likeness (QED) is 0.755. The van der Waals surface area contributed by atoms with Crippen LogP contribution < -0.4 is 5.73 Å². The Morgan fingerprint density at radius 2 is 2.46 bits per heavy atom. The highest BCUT2D eigenvalue weighted by Crippen LogP contribution is 2.33. The number of aromatic nitrogens is 3. The zero-order chi connectivity index (χ0) is 9.26. The van der Waals surface area contributed by atoms with Crippen LogP contribution in [0.2, 0.25) is 0 Å². The molecule has 0 saturated heterocycles. The predicted molar refractivity (Wildman–Crippen MR) is 49.9 cm³/mol. The van der Waals surface area contributed by atoms with Gasteiger partial charge in [0, 0.05) is 7.05 Å². The predicted octanol–water partition coefficient (Wildman–Crippen LogP) is 1.01. The number of rotatable bonds is 3. The highest BCUT2D eigenvalue weighted by molar-refractivity contribution is 4.94. The molecule has 0 spiro atoms. The van der Waals surface area contributed by atoms with Crippen molar-refractivity contribution in [2.24, 2.45) is 18.7 Å². The van der Waals surface area contributed by atoms with Gasteiger partial charge in [-0.1, -0.05) is 19.3 Å². The lowest BCUT2D eigenvalue weighted by Crippen LogP contribution is -2.22. The maximum absolute atomic E-state index is 6.03. The molecule has 2 rings (SSSR count). The van der Waals surface area contributed by atoms with E-state index in [0.717, 1.165) is 18.2 Å². The second kappa shape index (κ2) is 3.46. The summed E-state index contributed by atoms with van der Waals surface area (Å²) in [6.07, 6.45) is 6.82. The van der Waals surface area contributed by atoms with E-state index in [-0.39, 0.29) is 6.04 Å². The van der Waals surface area contributed by atoms with Crippen molar-refractivity contribution in [2.75, 3.05) is 0 Å². The van der Waals surface area contributed by atoms with Crippen LogP contribution in [0.15, 0.2) is 6.33 Å². The van der Waals surface area contributed by atoms with Crippen molar-refractivity contribution >= 4 is 0 Å². The Morgan fingerprint density at radius 1 is 1.69 bits per heavy atom. The first-order valence-corrected chi connectivity index (χ1v) is 4.87. The van der Waals surface area contributed by atoms with Crippen LogP contribution in [0.3, 0.4) is 0 Å². The summed E-state index contributed by atoms with van der Waals surface area (Å²) in [5, 5.41) is 7.84. The second-order valence-electron chi connectivity index (χ2n) is 3.94. The molecule has 1 heterocycles. The fourth-order valence-corrected chi connectivity index (χ4v) is 1.82. The Bertz CT molecular complexity index is 277. The van der Waals surface area contributed by atoms with Gasteiger partial charge in [-0.25, -0.2) is 0 Å². The molecule has 1 aliphatic rings. The maximum Gasteiger partial charge on any atom is 0.149 e. The molecule has 0 amide bonds. The summed E-state index contributed by atoms with van der Waals surface area (Å²) in [6, 6.07) is 0.0674. The highest BCUT2D eigenvalue weighted by Gasteiger charge is 2.22. The standard InChI is InChI=1S/C9H16N4/c1-13-6-11-12-9(13)8(10)5-7-3-2-4-7/h6-8H,2-5,10H2,1H3. The average Bonchev–Trinajstić information content (AvgIpc) is 2.43. The SMILES string of the molecule is Cn1cnnc1C(N)CC1CCC1. The smallest absolute Gasteiger partial charge is 0.149 e. The largest absolute Gasteiger partial charge is 0.321 e. The van der Waals surface area contributed by atoms with Crippen molar-refractivity contribution in [2.45, 2.75) is 31.7 Å². The summed E-state index contributed by atoms with van der Waals surface area (Å²) in [6.45, 7) is 0. The van der Waals surface area contributed by atoms with Gasteiger partial charge in [-0.05, 0) is 12.3 Å². The molecule has 1 fully saturated rings. The minimum atomic E-state index is 0.0674. The molecular weight excluding hydrogens is 164 g/mol. The first kappa shape index (κ1) is 8.69. The normalized spacial score (nSPS) is 19.8.